The maximum atomic E-state index is 12.4. The van der Waals surface area contributed by atoms with E-state index in [1.165, 1.54) is 0 Å². The number of carbonyl (C=O) groups is 2. The van der Waals surface area contributed by atoms with Gasteiger partial charge in [-0.25, -0.2) is 4.79 Å². The standard InChI is InChI=1S/C17H20N2O3/c1-4-19-11(2)10-14(12(19)3)17(21)22-15(16(18)20)13-8-6-5-7-9-13/h5-10,15H,4H2,1-3H3,(H2,18,20). The summed E-state index contributed by atoms with van der Waals surface area (Å²) in [6.45, 7) is 6.55. The Labute approximate surface area is 129 Å². The Hall–Kier alpha value is -2.56. The maximum Gasteiger partial charge on any atom is 0.341 e. The number of benzene rings is 1. The number of carbonyl (C=O) groups excluding carboxylic acids is 2. The monoisotopic (exact) mass is 300 g/mol. The number of primary amides is 1. The van der Waals surface area contributed by atoms with Gasteiger partial charge < -0.3 is 15.0 Å². The molecule has 2 aromatic rings. The van der Waals surface area contributed by atoms with Crippen LogP contribution < -0.4 is 5.73 Å². The molecule has 5 heteroatoms. The number of nitrogens with zero attached hydrogens (tertiary/aromatic N) is 1. The van der Waals surface area contributed by atoms with E-state index in [4.69, 9.17) is 10.5 Å². The van der Waals surface area contributed by atoms with Gasteiger partial charge in [0.15, 0.2) is 0 Å². The average Bonchev–Trinajstić information content (AvgIpc) is 2.79. The Morgan fingerprint density at radius 3 is 2.36 bits per heavy atom. The number of esters is 1. The summed E-state index contributed by atoms with van der Waals surface area (Å²) in [5.74, 6) is -1.23. The van der Waals surface area contributed by atoms with Gasteiger partial charge in [0.1, 0.15) is 0 Å². The van der Waals surface area contributed by atoms with E-state index in [0.717, 1.165) is 17.9 Å². The quantitative estimate of drug-likeness (QED) is 0.862. The van der Waals surface area contributed by atoms with Gasteiger partial charge in [-0.1, -0.05) is 30.3 Å². The largest absolute Gasteiger partial charge is 0.444 e. The van der Waals surface area contributed by atoms with Crippen LogP contribution in [0.4, 0.5) is 0 Å². The van der Waals surface area contributed by atoms with Crippen molar-refractivity contribution in [1.29, 1.82) is 0 Å². The third-order valence-corrected chi connectivity index (χ3v) is 3.70. The van der Waals surface area contributed by atoms with Crippen LogP contribution in [0.15, 0.2) is 36.4 Å². The molecule has 0 bridgehead atoms. The molecule has 1 aromatic carbocycles. The molecule has 116 valence electrons. The molecule has 0 spiro atoms. The average molecular weight is 300 g/mol. The zero-order chi connectivity index (χ0) is 16.3. The third-order valence-electron chi connectivity index (χ3n) is 3.70. The van der Waals surface area contributed by atoms with E-state index in [1.807, 2.05) is 31.4 Å². The minimum atomic E-state index is -1.08. The zero-order valence-corrected chi connectivity index (χ0v) is 13.0. The van der Waals surface area contributed by atoms with Gasteiger partial charge in [-0.05, 0) is 26.8 Å². The molecular weight excluding hydrogens is 280 g/mol. The highest BCUT2D eigenvalue weighted by Gasteiger charge is 2.25. The Morgan fingerprint density at radius 1 is 1.23 bits per heavy atom. The smallest absolute Gasteiger partial charge is 0.341 e. The van der Waals surface area contributed by atoms with Gasteiger partial charge in [0.25, 0.3) is 5.91 Å². The second-order valence-corrected chi connectivity index (χ2v) is 5.13. The first-order chi connectivity index (χ1) is 10.5. The summed E-state index contributed by atoms with van der Waals surface area (Å²) in [5.41, 5.74) is 8.19. The normalized spacial score (nSPS) is 12.0. The van der Waals surface area contributed by atoms with Crippen molar-refractivity contribution in [2.24, 2.45) is 5.73 Å². The first-order valence-corrected chi connectivity index (χ1v) is 7.17. The Balaban J connectivity index is 2.28. The van der Waals surface area contributed by atoms with Gasteiger partial charge in [-0.15, -0.1) is 0 Å². The summed E-state index contributed by atoms with van der Waals surface area (Å²) < 4.78 is 7.36. The molecule has 0 aliphatic rings. The van der Waals surface area contributed by atoms with E-state index in [0.29, 0.717) is 11.1 Å². The number of ether oxygens (including phenoxy) is 1. The fourth-order valence-electron chi connectivity index (χ4n) is 2.58. The van der Waals surface area contributed by atoms with Crippen LogP contribution in [0.3, 0.4) is 0 Å². The van der Waals surface area contributed by atoms with Crippen molar-refractivity contribution in [3.8, 4) is 0 Å². The fourth-order valence-corrected chi connectivity index (χ4v) is 2.58. The predicted molar refractivity (Wildman–Crippen MR) is 83.4 cm³/mol. The molecule has 5 nitrogen and oxygen atoms in total. The minimum Gasteiger partial charge on any atom is -0.444 e. The van der Waals surface area contributed by atoms with Crippen LogP contribution in [0.1, 0.15) is 40.3 Å². The van der Waals surface area contributed by atoms with Gasteiger partial charge >= 0.3 is 5.97 Å². The van der Waals surface area contributed by atoms with E-state index in [9.17, 15) is 9.59 Å². The topological polar surface area (TPSA) is 74.3 Å². The lowest BCUT2D eigenvalue weighted by Gasteiger charge is -2.15. The molecular formula is C17H20N2O3. The number of amides is 1. The molecule has 2 rings (SSSR count). The van der Waals surface area contributed by atoms with Gasteiger partial charge in [0.2, 0.25) is 6.10 Å². The molecule has 2 N–H and O–H groups in total. The first-order valence-electron chi connectivity index (χ1n) is 7.17. The molecule has 1 unspecified atom stereocenters. The molecule has 1 atom stereocenters. The summed E-state index contributed by atoms with van der Waals surface area (Å²) in [4.78, 5) is 24.0. The van der Waals surface area contributed by atoms with Crippen molar-refractivity contribution in [3.63, 3.8) is 0 Å². The Kier molecular flexibility index (Phi) is 4.65. The van der Waals surface area contributed by atoms with Gasteiger partial charge in [0, 0.05) is 23.5 Å². The van der Waals surface area contributed by atoms with Crippen molar-refractivity contribution >= 4 is 11.9 Å². The molecule has 1 amide bonds. The Bertz CT molecular complexity index is 689. The van der Waals surface area contributed by atoms with E-state index in [-0.39, 0.29) is 0 Å². The van der Waals surface area contributed by atoms with Crippen molar-refractivity contribution in [2.45, 2.75) is 33.4 Å². The first kappa shape index (κ1) is 15.8. The van der Waals surface area contributed by atoms with Crippen molar-refractivity contribution in [1.82, 2.24) is 4.57 Å². The van der Waals surface area contributed by atoms with Crippen LogP contribution in [-0.4, -0.2) is 16.4 Å². The van der Waals surface area contributed by atoms with E-state index in [2.05, 4.69) is 0 Å². The summed E-state index contributed by atoms with van der Waals surface area (Å²) in [7, 11) is 0. The highest BCUT2D eigenvalue weighted by atomic mass is 16.5. The summed E-state index contributed by atoms with van der Waals surface area (Å²) in [6, 6.07) is 10.5. The molecule has 0 saturated carbocycles. The van der Waals surface area contributed by atoms with Crippen LogP contribution in [0.2, 0.25) is 0 Å². The molecule has 1 heterocycles. The van der Waals surface area contributed by atoms with Crippen LogP contribution >= 0.6 is 0 Å². The lowest BCUT2D eigenvalue weighted by Crippen LogP contribution is -2.26. The number of hydrogen-bond acceptors (Lipinski definition) is 3. The predicted octanol–water partition coefficient (Wildman–Crippen LogP) is 2.51. The summed E-state index contributed by atoms with van der Waals surface area (Å²) in [6.07, 6.45) is -1.08. The fraction of sp³-hybridized carbons (Fsp3) is 0.294. The number of aromatic nitrogens is 1. The number of rotatable bonds is 5. The van der Waals surface area contributed by atoms with Crippen LogP contribution in [0, 0.1) is 13.8 Å². The molecule has 22 heavy (non-hydrogen) atoms. The molecule has 0 saturated heterocycles. The molecule has 0 radical (unpaired) electrons. The minimum absolute atomic E-state index is 0.460. The second kappa shape index (κ2) is 6.47. The summed E-state index contributed by atoms with van der Waals surface area (Å²) >= 11 is 0. The van der Waals surface area contributed by atoms with E-state index < -0.39 is 18.0 Å². The van der Waals surface area contributed by atoms with Crippen molar-refractivity contribution < 1.29 is 14.3 Å². The molecule has 0 aliphatic carbocycles. The van der Waals surface area contributed by atoms with Gasteiger partial charge in [-0.2, -0.15) is 0 Å². The highest BCUT2D eigenvalue weighted by Crippen LogP contribution is 2.22. The lowest BCUT2D eigenvalue weighted by atomic mass is 10.1. The van der Waals surface area contributed by atoms with Gasteiger partial charge in [-0.3, -0.25) is 4.79 Å². The second-order valence-electron chi connectivity index (χ2n) is 5.13. The van der Waals surface area contributed by atoms with Crippen LogP contribution in [-0.2, 0) is 16.1 Å². The SMILES string of the molecule is CCn1c(C)cc(C(=O)OC(C(N)=O)c2ccccc2)c1C. The molecule has 0 fully saturated rings. The van der Waals surface area contributed by atoms with Crippen LogP contribution in [0.25, 0.3) is 0 Å². The number of aryl methyl sites for hydroxylation is 1. The summed E-state index contributed by atoms with van der Waals surface area (Å²) in [5, 5.41) is 0. The molecule has 1 aromatic heterocycles. The van der Waals surface area contributed by atoms with E-state index in [1.54, 1.807) is 30.3 Å². The maximum absolute atomic E-state index is 12.4. The Morgan fingerprint density at radius 2 is 1.86 bits per heavy atom. The zero-order valence-electron chi connectivity index (χ0n) is 13.0. The highest BCUT2D eigenvalue weighted by molar-refractivity contribution is 5.93. The van der Waals surface area contributed by atoms with Crippen LogP contribution in [0.5, 0.6) is 0 Å². The van der Waals surface area contributed by atoms with Crippen molar-refractivity contribution in [3.05, 3.63) is 58.9 Å². The lowest BCUT2D eigenvalue weighted by molar-refractivity contribution is -0.127. The van der Waals surface area contributed by atoms with Crippen molar-refractivity contribution in [2.75, 3.05) is 0 Å². The molecule has 0 aliphatic heterocycles. The number of hydrogen-bond donors (Lipinski definition) is 1. The third kappa shape index (κ3) is 3.03. The van der Waals surface area contributed by atoms with E-state index >= 15 is 0 Å². The van der Waals surface area contributed by atoms with Gasteiger partial charge in [0.05, 0.1) is 5.56 Å². The number of nitrogens with two attached hydrogens (primary N) is 1.